The van der Waals surface area contributed by atoms with Crippen LogP contribution in [0.5, 0.6) is 0 Å². The summed E-state index contributed by atoms with van der Waals surface area (Å²) in [7, 11) is 0. The number of benzene rings is 2. The van der Waals surface area contributed by atoms with Crippen molar-refractivity contribution in [1.29, 1.82) is 0 Å². The molecule has 4 rings (SSSR count). The Bertz CT molecular complexity index is 1090. The first-order chi connectivity index (χ1) is 18.6. The highest BCUT2D eigenvalue weighted by atomic mass is 35.5. The first-order valence-corrected chi connectivity index (χ1v) is 15.2. The molecule has 0 spiro atoms. The van der Waals surface area contributed by atoms with Crippen molar-refractivity contribution in [3.63, 3.8) is 0 Å². The zero-order valence-electron chi connectivity index (χ0n) is 24.9. The number of rotatable bonds is 9. The Hall–Kier alpha value is -2.30. The zero-order chi connectivity index (χ0) is 28.5. The van der Waals surface area contributed by atoms with Gasteiger partial charge in [-0.15, -0.1) is 0 Å². The second-order valence-electron chi connectivity index (χ2n) is 11.9. The Balaban J connectivity index is 0.000000631. The van der Waals surface area contributed by atoms with E-state index < -0.39 is 5.97 Å². The molecule has 1 N–H and O–H groups in total. The predicted octanol–water partition coefficient (Wildman–Crippen LogP) is 8.50. The van der Waals surface area contributed by atoms with Gasteiger partial charge >= 0.3 is 5.97 Å². The molecule has 2 aromatic rings. The highest BCUT2D eigenvalue weighted by Gasteiger charge is 2.27. The smallest absolute Gasteiger partial charge is 0.305 e. The molecule has 1 aliphatic heterocycles. The summed E-state index contributed by atoms with van der Waals surface area (Å²) in [6, 6.07) is 16.3. The van der Waals surface area contributed by atoms with Crippen LogP contribution in [-0.4, -0.2) is 46.6 Å². The molecule has 0 bridgehead atoms. The van der Waals surface area contributed by atoms with Crippen molar-refractivity contribution in [2.75, 3.05) is 19.6 Å². The van der Waals surface area contributed by atoms with E-state index in [2.05, 4.69) is 86.0 Å². The predicted molar refractivity (Wildman–Crippen MR) is 165 cm³/mol. The van der Waals surface area contributed by atoms with Gasteiger partial charge in [0, 0.05) is 49.4 Å². The van der Waals surface area contributed by atoms with Crippen LogP contribution in [0.2, 0.25) is 5.02 Å². The topological polar surface area (TPSA) is 43.8 Å². The number of carboxylic acids is 1. The van der Waals surface area contributed by atoms with Crippen LogP contribution < -0.4 is 0 Å². The van der Waals surface area contributed by atoms with Crippen molar-refractivity contribution in [2.45, 2.75) is 98.1 Å². The molecule has 0 amide bonds. The molecule has 1 saturated carbocycles. The van der Waals surface area contributed by atoms with Gasteiger partial charge in [-0.3, -0.25) is 9.69 Å². The molecule has 1 aliphatic carbocycles. The number of piperazine rings is 1. The molecule has 1 atom stereocenters. The Morgan fingerprint density at radius 3 is 2.26 bits per heavy atom. The van der Waals surface area contributed by atoms with Crippen LogP contribution in [0.1, 0.15) is 101 Å². The Morgan fingerprint density at radius 2 is 1.74 bits per heavy atom. The minimum Gasteiger partial charge on any atom is -0.481 e. The van der Waals surface area contributed by atoms with Crippen molar-refractivity contribution >= 4 is 17.6 Å². The highest BCUT2D eigenvalue weighted by molar-refractivity contribution is 6.30. The molecule has 0 aromatic heterocycles. The molecule has 1 unspecified atom stereocenters. The Labute approximate surface area is 242 Å². The number of carboxylic acid groups (broad SMARTS) is 1. The summed E-state index contributed by atoms with van der Waals surface area (Å²) < 4.78 is 0. The van der Waals surface area contributed by atoms with Crippen LogP contribution in [0.4, 0.5) is 0 Å². The van der Waals surface area contributed by atoms with E-state index in [4.69, 9.17) is 16.7 Å². The third kappa shape index (κ3) is 9.11. The van der Waals surface area contributed by atoms with E-state index in [-0.39, 0.29) is 5.92 Å². The van der Waals surface area contributed by atoms with Gasteiger partial charge in [0.15, 0.2) is 0 Å². The average molecular weight is 553 g/mol. The van der Waals surface area contributed by atoms with Crippen molar-refractivity contribution < 1.29 is 9.90 Å². The maximum atomic E-state index is 9.70. The van der Waals surface area contributed by atoms with Gasteiger partial charge in [0.2, 0.25) is 0 Å². The molecular formula is C34H49ClN2O2. The number of hydrogen-bond donors (Lipinski definition) is 1. The van der Waals surface area contributed by atoms with Crippen molar-refractivity contribution in [3.8, 4) is 0 Å². The monoisotopic (exact) mass is 552 g/mol. The van der Waals surface area contributed by atoms with E-state index in [0.29, 0.717) is 12.0 Å². The molecule has 39 heavy (non-hydrogen) atoms. The molecule has 1 heterocycles. The molecule has 5 heteroatoms. The fraction of sp³-hybridized carbons (Fsp3) is 0.559. The molecule has 4 nitrogen and oxygen atoms in total. The van der Waals surface area contributed by atoms with E-state index in [1.807, 2.05) is 0 Å². The third-order valence-corrected chi connectivity index (χ3v) is 8.32. The summed E-state index contributed by atoms with van der Waals surface area (Å²) in [5, 5.41) is 8.86. The highest BCUT2D eigenvalue weighted by Crippen LogP contribution is 2.39. The standard InChI is InChI=1S/C30H41ClN2.C4H8O2/c1-5-7-29(18-24-10-12-25(13-11-24)22(2)3)33-17-16-32(20-23(33)4)21-27-19-28(31)14-15-30(27)26-8-6-9-26;1-3(2)4(5)6/h7,10-15,19,22-23,26H,5-6,8-9,16-18,20-21H2,1-4H3;3H,1-2H3,(H,5,6)/b29-7-;. The summed E-state index contributed by atoms with van der Waals surface area (Å²) in [6.45, 7) is 16.8. The van der Waals surface area contributed by atoms with Crippen LogP contribution in [0.15, 0.2) is 54.2 Å². The second-order valence-corrected chi connectivity index (χ2v) is 12.4. The second kappa shape index (κ2) is 14.9. The number of hydrogen-bond acceptors (Lipinski definition) is 3. The van der Waals surface area contributed by atoms with Gasteiger partial charge in [-0.1, -0.05) is 89.0 Å². The molecule has 2 fully saturated rings. The van der Waals surface area contributed by atoms with Crippen molar-refractivity contribution in [1.82, 2.24) is 9.80 Å². The van der Waals surface area contributed by atoms with Gasteiger partial charge < -0.3 is 10.0 Å². The summed E-state index contributed by atoms with van der Waals surface area (Å²) in [6.07, 6.45) is 8.59. The summed E-state index contributed by atoms with van der Waals surface area (Å²) in [5.74, 6) is 0.360. The fourth-order valence-corrected chi connectivity index (χ4v) is 5.62. The van der Waals surface area contributed by atoms with Gasteiger partial charge in [0.25, 0.3) is 0 Å². The number of nitrogens with zero attached hydrogens (tertiary/aromatic N) is 2. The normalized spacial score (nSPS) is 18.6. The van der Waals surface area contributed by atoms with Crippen LogP contribution >= 0.6 is 11.6 Å². The number of carbonyl (C=O) groups is 1. The van der Waals surface area contributed by atoms with Crippen LogP contribution in [0.25, 0.3) is 0 Å². The maximum absolute atomic E-state index is 9.70. The van der Waals surface area contributed by atoms with Gasteiger partial charge in [-0.05, 0) is 72.4 Å². The lowest BCUT2D eigenvalue weighted by atomic mass is 9.78. The minimum absolute atomic E-state index is 0.231. The van der Waals surface area contributed by atoms with Crippen LogP contribution in [0, 0.1) is 5.92 Å². The van der Waals surface area contributed by atoms with Gasteiger partial charge in [-0.25, -0.2) is 0 Å². The van der Waals surface area contributed by atoms with E-state index in [1.54, 1.807) is 13.8 Å². The van der Waals surface area contributed by atoms with Gasteiger partial charge in [0.1, 0.15) is 0 Å². The lowest BCUT2D eigenvalue weighted by Crippen LogP contribution is -2.51. The zero-order valence-corrected chi connectivity index (χ0v) is 25.7. The van der Waals surface area contributed by atoms with Crippen LogP contribution in [0.3, 0.4) is 0 Å². The number of allylic oxidation sites excluding steroid dienone is 2. The number of aliphatic carboxylic acids is 1. The Morgan fingerprint density at radius 1 is 1.08 bits per heavy atom. The number of halogens is 1. The van der Waals surface area contributed by atoms with E-state index in [9.17, 15) is 4.79 Å². The quantitative estimate of drug-likeness (QED) is 0.338. The maximum Gasteiger partial charge on any atom is 0.305 e. The molecule has 214 valence electrons. The summed E-state index contributed by atoms with van der Waals surface area (Å²) in [5.41, 5.74) is 7.31. The van der Waals surface area contributed by atoms with Crippen molar-refractivity contribution in [2.24, 2.45) is 5.92 Å². The van der Waals surface area contributed by atoms with Gasteiger partial charge in [0.05, 0.1) is 5.92 Å². The average Bonchev–Trinajstić information content (AvgIpc) is 2.85. The van der Waals surface area contributed by atoms with E-state index >= 15 is 0 Å². The summed E-state index contributed by atoms with van der Waals surface area (Å²) in [4.78, 5) is 15.0. The lowest BCUT2D eigenvalue weighted by molar-refractivity contribution is -0.140. The first kappa shape index (κ1) is 31.2. The molecule has 2 aliphatic rings. The first-order valence-electron chi connectivity index (χ1n) is 14.9. The van der Waals surface area contributed by atoms with Crippen LogP contribution in [-0.2, 0) is 17.8 Å². The van der Waals surface area contributed by atoms with Crippen molar-refractivity contribution in [3.05, 3.63) is 81.5 Å². The molecular weight excluding hydrogens is 504 g/mol. The molecule has 1 saturated heterocycles. The Kier molecular flexibility index (Phi) is 11.9. The van der Waals surface area contributed by atoms with E-state index in [1.165, 1.54) is 47.2 Å². The molecule has 2 aromatic carbocycles. The van der Waals surface area contributed by atoms with E-state index in [0.717, 1.165) is 50.0 Å². The lowest BCUT2D eigenvalue weighted by Gasteiger charge is -2.43. The SMILES string of the molecule is CC(C)C(=O)O.CC/C=C(/Cc1ccc(C(C)C)cc1)N1CCN(Cc2cc(Cl)ccc2C2CCC2)CC1C. The van der Waals surface area contributed by atoms with Gasteiger partial charge in [-0.2, -0.15) is 0 Å². The molecule has 0 radical (unpaired) electrons. The third-order valence-electron chi connectivity index (χ3n) is 8.09. The largest absolute Gasteiger partial charge is 0.481 e. The minimum atomic E-state index is -0.741. The fourth-order valence-electron chi connectivity index (χ4n) is 5.43. The summed E-state index contributed by atoms with van der Waals surface area (Å²) >= 11 is 6.40.